The van der Waals surface area contributed by atoms with Gasteiger partial charge in [-0.3, -0.25) is 4.79 Å². The molecule has 0 aliphatic rings. The van der Waals surface area contributed by atoms with Crippen molar-refractivity contribution in [2.24, 2.45) is 7.05 Å². The molecule has 0 aliphatic heterocycles. The lowest BCUT2D eigenvalue weighted by Crippen LogP contribution is -2.28. The zero-order valence-electron chi connectivity index (χ0n) is 13.8. The number of aromatic nitrogens is 3. The lowest BCUT2D eigenvalue weighted by Gasteiger charge is -2.09. The Labute approximate surface area is 140 Å². The summed E-state index contributed by atoms with van der Waals surface area (Å²) in [6, 6.07) is 11.3. The second kappa shape index (κ2) is 7.12. The molecule has 6 heteroatoms. The molecule has 6 nitrogen and oxygen atoms in total. The fourth-order valence-electron chi connectivity index (χ4n) is 2.69. The number of methoxy groups -OCH3 is 1. The highest BCUT2D eigenvalue weighted by atomic mass is 16.5. The number of nitrogens with one attached hydrogen (secondary N) is 1. The molecule has 1 N–H and O–H groups in total. The molecule has 0 saturated heterocycles. The van der Waals surface area contributed by atoms with Crippen LogP contribution < -0.4 is 10.1 Å². The van der Waals surface area contributed by atoms with Crippen LogP contribution in [0.15, 0.2) is 42.6 Å². The molecule has 2 heterocycles. The van der Waals surface area contributed by atoms with Crippen LogP contribution in [0.5, 0.6) is 5.75 Å². The van der Waals surface area contributed by atoms with Crippen molar-refractivity contribution in [2.75, 3.05) is 13.7 Å². The van der Waals surface area contributed by atoms with E-state index in [0.29, 0.717) is 19.4 Å². The molecule has 0 atom stereocenters. The fraction of sp³-hybridized carbons (Fsp3) is 0.278. The van der Waals surface area contributed by atoms with Crippen LogP contribution in [0.25, 0.3) is 11.2 Å². The van der Waals surface area contributed by atoms with Gasteiger partial charge in [0.1, 0.15) is 17.1 Å². The molecule has 24 heavy (non-hydrogen) atoms. The lowest BCUT2D eigenvalue weighted by molar-refractivity contribution is -0.120. The minimum atomic E-state index is -0.0311. The van der Waals surface area contributed by atoms with Gasteiger partial charge in [-0.2, -0.15) is 0 Å². The van der Waals surface area contributed by atoms with E-state index in [1.807, 2.05) is 48.0 Å². The van der Waals surface area contributed by atoms with E-state index in [0.717, 1.165) is 28.3 Å². The van der Waals surface area contributed by atoms with E-state index in [4.69, 9.17) is 4.74 Å². The fourth-order valence-corrected chi connectivity index (χ4v) is 2.69. The van der Waals surface area contributed by atoms with Gasteiger partial charge < -0.3 is 14.6 Å². The number of benzene rings is 1. The average Bonchev–Trinajstić information content (AvgIpc) is 2.92. The van der Waals surface area contributed by atoms with E-state index in [-0.39, 0.29) is 5.91 Å². The third kappa shape index (κ3) is 3.37. The Morgan fingerprint density at radius 2 is 2.08 bits per heavy atom. The highest BCUT2D eigenvalue weighted by Crippen LogP contribution is 2.17. The van der Waals surface area contributed by atoms with E-state index in [1.165, 1.54) is 0 Å². The monoisotopic (exact) mass is 324 g/mol. The highest BCUT2D eigenvalue weighted by molar-refractivity contribution is 5.79. The van der Waals surface area contributed by atoms with Crippen LogP contribution in [0.2, 0.25) is 0 Å². The van der Waals surface area contributed by atoms with Crippen molar-refractivity contribution in [3.8, 4) is 5.75 Å². The van der Waals surface area contributed by atoms with Crippen molar-refractivity contribution in [3.63, 3.8) is 0 Å². The SMILES string of the molecule is COc1ccccc1CC(=O)NCCc1nc2cccnc2n1C. The molecule has 0 unspecified atom stereocenters. The van der Waals surface area contributed by atoms with Gasteiger partial charge in [0.15, 0.2) is 5.65 Å². The van der Waals surface area contributed by atoms with Crippen molar-refractivity contribution in [3.05, 3.63) is 54.0 Å². The molecule has 1 aromatic carbocycles. The maximum Gasteiger partial charge on any atom is 0.224 e. The van der Waals surface area contributed by atoms with Gasteiger partial charge in [-0.25, -0.2) is 9.97 Å². The second-order valence-electron chi connectivity index (χ2n) is 5.52. The number of hydrogen-bond donors (Lipinski definition) is 1. The largest absolute Gasteiger partial charge is 0.496 e. The first kappa shape index (κ1) is 16.0. The molecule has 3 aromatic rings. The number of carbonyl (C=O) groups is 1. The number of imidazole rings is 1. The number of pyridine rings is 1. The zero-order valence-corrected chi connectivity index (χ0v) is 13.8. The van der Waals surface area contributed by atoms with Crippen LogP contribution in [0, 0.1) is 0 Å². The van der Waals surface area contributed by atoms with E-state index >= 15 is 0 Å². The first-order valence-corrected chi connectivity index (χ1v) is 7.84. The van der Waals surface area contributed by atoms with Crippen LogP contribution in [0.4, 0.5) is 0 Å². The number of carbonyl (C=O) groups excluding carboxylic acids is 1. The van der Waals surface area contributed by atoms with Gasteiger partial charge in [-0.05, 0) is 18.2 Å². The predicted octanol–water partition coefficient (Wildman–Crippen LogP) is 1.88. The second-order valence-corrected chi connectivity index (χ2v) is 5.52. The molecule has 3 rings (SSSR count). The molecular weight excluding hydrogens is 304 g/mol. The van der Waals surface area contributed by atoms with Crippen molar-refractivity contribution in [2.45, 2.75) is 12.8 Å². The molecule has 0 saturated carbocycles. The Morgan fingerprint density at radius 1 is 1.25 bits per heavy atom. The van der Waals surface area contributed by atoms with Gasteiger partial charge >= 0.3 is 0 Å². The van der Waals surface area contributed by atoms with Crippen LogP contribution >= 0.6 is 0 Å². The van der Waals surface area contributed by atoms with Crippen LogP contribution in [-0.2, 0) is 24.7 Å². The number of hydrogen-bond acceptors (Lipinski definition) is 4. The third-order valence-electron chi connectivity index (χ3n) is 3.93. The van der Waals surface area contributed by atoms with E-state index in [2.05, 4.69) is 15.3 Å². The average molecular weight is 324 g/mol. The highest BCUT2D eigenvalue weighted by Gasteiger charge is 2.10. The summed E-state index contributed by atoms with van der Waals surface area (Å²) in [6.45, 7) is 0.533. The first-order chi connectivity index (χ1) is 11.7. The van der Waals surface area contributed by atoms with Crippen LogP contribution in [-0.4, -0.2) is 34.1 Å². The maximum absolute atomic E-state index is 12.1. The van der Waals surface area contributed by atoms with Crippen molar-refractivity contribution in [1.29, 1.82) is 0 Å². The van der Waals surface area contributed by atoms with Crippen molar-refractivity contribution >= 4 is 17.1 Å². The summed E-state index contributed by atoms with van der Waals surface area (Å²) in [5.41, 5.74) is 2.60. The summed E-state index contributed by atoms with van der Waals surface area (Å²) in [6.07, 6.45) is 2.71. The molecule has 0 aliphatic carbocycles. The normalized spacial score (nSPS) is 10.8. The van der Waals surface area contributed by atoms with Crippen molar-refractivity contribution in [1.82, 2.24) is 19.9 Å². The number of nitrogens with zero attached hydrogens (tertiary/aromatic N) is 3. The first-order valence-electron chi connectivity index (χ1n) is 7.84. The lowest BCUT2D eigenvalue weighted by atomic mass is 10.1. The van der Waals surface area contributed by atoms with E-state index < -0.39 is 0 Å². The summed E-state index contributed by atoms with van der Waals surface area (Å²) < 4.78 is 7.23. The quantitative estimate of drug-likeness (QED) is 0.752. The summed E-state index contributed by atoms with van der Waals surface area (Å²) in [4.78, 5) is 21.0. The van der Waals surface area contributed by atoms with Gasteiger partial charge in [0.2, 0.25) is 5.91 Å². The Morgan fingerprint density at radius 3 is 2.88 bits per heavy atom. The van der Waals surface area contributed by atoms with Gasteiger partial charge in [-0.15, -0.1) is 0 Å². The smallest absolute Gasteiger partial charge is 0.224 e. The topological polar surface area (TPSA) is 69.0 Å². The maximum atomic E-state index is 12.1. The molecule has 0 radical (unpaired) electrons. The molecule has 0 spiro atoms. The Balaban J connectivity index is 1.57. The summed E-state index contributed by atoms with van der Waals surface area (Å²) in [7, 11) is 3.55. The number of para-hydroxylation sites is 1. The standard InChI is InChI=1S/C18H20N4O2/c1-22-16(21-14-7-5-10-20-18(14)22)9-11-19-17(23)12-13-6-3-4-8-15(13)24-2/h3-8,10H,9,11-12H2,1-2H3,(H,19,23). The molecule has 0 bridgehead atoms. The predicted molar refractivity (Wildman–Crippen MR) is 91.9 cm³/mol. The van der Waals surface area contributed by atoms with Gasteiger partial charge in [0.25, 0.3) is 0 Å². The van der Waals surface area contributed by atoms with Crippen LogP contribution in [0.1, 0.15) is 11.4 Å². The van der Waals surface area contributed by atoms with Gasteiger partial charge in [0, 0.05) is 31.8 Å². The van der Waals surface area contributed by atoms with Gasteiger partial charge in [-0.1, -0.05) is 18.2 Å². The minimum absolute atomic E-state index is 0.0311. The Bertz CT molecular complexity index is 857. The number of aryl methyl sites for hydroxylation is 1. The Hall–Kier alpha value is -2.89. The number of amides is 1. The minimum Gasteiger partial charge on any atom is -0.496 e. The van der Waals surface area contributed by atoms with Crippen LogP contribution in [0.3, 0.4) is 0 Å². The molecule has 2 aromatic heterocycles. The molecule has 1 amide bonds. The molecular formula is C18H20N4O2. The zero-order chi connectivity index (χ0) is 16.9. The van der Waals surface area contributed by atoms with E-state index in [1.54, 1.807) is 13.3 Å². The van der Waals surface area contributed by atoms with Crippen molar-refractivity contribution < 1.29 is 9.53 Å². The van der Waals surface area contributed by atoms with E-state index in [9.17, 15) is 4.79 Å². The summed E-state index contributed by atoms with van der Waals surface area (Å²) in [5.74, 6) is 1.60. The van der Waals surface area contributed by atoms with Gasteiger partial charge in [0.05, 0.1) is 13.5 Å². The third-order valence-corrected chi connectivity index (χ3v) is 3.93. The Kier molecular flexibility index (Phi) is 4.74. The summed E-state index contributed by atoms with van der Waals surface area (Å²) in [5, 5.41) is 2.93. The summed E-state index contributed by atoms with van der Waals surface area (Å²) >= 11 is 0. The number of rotatable bonds is 6. The molecule has 124 valence electrons. The molecule has 0 fully saturated rings. The number of fused-ring (bicyclic) bond motifs is 1. The number of ether oxygens (including phenoxy) is 1.